The fourth-order valence-corrected chi connectivity index (χ4v) is 10.6. The average molecular weight is 911 g/mol. The van der Waals surface area contributed by atoms with E-state index in [4.69, 9.17) is 0 Å². The highest BCUT2D eigenvalue weighted by molar-refractivity contribution is 6.04. The predicted molar refractivity (Wildman–Crippen MR) is 306 cm³/mol. The summed E-state index contributed by atoms with van der Waals surface area (Å²) in [7, 11) is 0. The minimum atomic E-state index is 1.13. The van der Waals surface area contributed by atoms with Crippen LogP contribution in [0.3, 0.4) is 0 Å². The highest BCUT2D eigenvalue weighted by Gasteiger charge is 2.18. The molecule has 0 saturated heterocycles. The summed E-state index contributed by atoms with van der Waals surface area (Å²) >= 11 is 0. The van der Waals surface area contributed by atoms with E-state index >= 15 is 0 Å². The van der Waals surface area contributed by atoms with Crippen LogP contribution in [0.2, 0.25) is 0 Å². The molecule has 0 aliphatic heterocycles. The van der Waals surface area contributed by atoms with Crippen molar-refractivity contribution >= 4 is 77.2 Å². The SMILES string of the molecule is Cc1ccc(N(c2ccccc2)c2ccc(-c3ccc4cc5cc(-c6ccc7cc8cc(-c9ccc(N(c%10ccc(C)cc%10C)c%10ccc(C)cc%10C)cc9)ccc8cc7c6)ccc5cc4c3)cc2)cc1. The molecule has 0 amide bonds. The third-order valence-electron chi connectivity index (χ3n) is 14.3. The molecule has 0 aromatic heterocycles. The summed E-state index contributed by atoms with van der Waals surface area (Å²) in [5.74, 6) is 0. The first-order chi connectivity index (χ1) is 34.7. The first-order valence-corrected chi connectivity index (χ1v) is 24.7. The van der Waals surface area contributed by atoms with Crippen LogP contribution in [0, 0.1) is 34.6 Å². The molecule has 12 rings (SSSR count). The maximum atomic E-state index is 2.40. The minimum absolute atomic E-state index is 1.13. The standard InChI is InChI=1S/C69H54N2/c1-45-11-27-65(28-12-45)70(64-9-7-6-8-10-64)66-29-23-50(24-30-66)52-15-19-56-43-62-39-54(17-21-58(62)41-60(56)37-52)55-18-22-59-42-61-38-53(16-20-57(61)44-63(59)40-55)51-25-31-67(32-26-51)71(68-33-13-46(2)35-48(68)4)69-34-14-47(3)36-49(69)5/h6-44H,1-5H3. The Morgan fingerprint density at radius 3 is 0.901 bits per heavy atom. The van der Waals surface area contributed by atoms with Gasteiger partial charge in [0, 0.05) is 34.1 Å². The van der Waals surface area contributed by atoms with Crippen LogP contribution < -0.4 is 9.80 Å². The number of benzene rings is 12. The Kier molecular flexibility index (Phi) is 11.0. The van der Waals surface area contributed by atoms with Gasteiger partial charge in [0.25, 0.3) is 0 Å². The largest absolute Gasteiger partial charge is 0.311 e. The van der Waals surface area contributed by atoms with Crippen LogP contribution in [-0.4, -0.2) is 0 Å². The minimum Gasteiger partial charge on any atom is -0.311 e. The van der Waals surface area contributed by atoms with Gasteiger partial charge in [0.2, 0.25) is 0 Å². The van der Waals surface area contributed by atoms with Gasteiger partial charge in [-0.1, -0.05) is 144 Å². The number of rotatable bonds is 9. The lowest BCUT2D eigenvalue weighted by Crippen LogP contribution is -2.12. The second-order valence-corrected chi connectivity index (χ2v) is 19.5. The Hall–Kier alpha value is -8.72. The molecule has 0 aliphatic rings. The number of anilines is 6. The van der Waals surface area contributed by atoms with Crippen molar-refractivity contribution in [3.63, 3.8) is 0 Å². The highest BCUT2D eigenvalue weighted by Crippen LogP contribution is 2.41. The molecule has 2 nitrogen and oxygen atoms in total. The van der Waals surface area contributed by atoms with Crippen molar-refractivity contribution in [3.05, 3.63) is 264 Å². The van der Waals surface area contributed by atoms with Crippen molar-refractivity contribution in [2.45, 2.75) is 34.6 Å². The second kappa shape index (κ2) is 18.0. The van der Waals surface area contributed by atoms with E-state index in [0.717, 1.165) is 22.7 Å². The van der Waals surface area contributed by atoms with Crippen molar-refractivity contribution in [2.75, 3.05) is 9.80 Å². The van der Waals surface area contributed by atoms with Crippen LogP contribution in [0.5, 0.6) is 0 Å². The van der Waals surface area contributed by atoms with E-state index in [1.807, 2.05) is 0 Å². The Bertz CT molecular complexity index is 3910. The molecule has 0 N–H and O–H groups in total. The van der Waals surface area contributed by atoms with Crippen LogP contribution >= 0.6 is 0 Å². The molecule has 0 atom stereocenters. The maximum absolute atomic E-state index is 2.40. The normalized spacial score (nSPS) is 11.5. The van der Waals surface area contributed by atoms with E-state index < -0.39 is 0 Å². The number of nitrogens with zero attached hydrogens (tertiary/aromatic N) is 2. The van der Waals surface area contributed by atoms with Gasteiger partial charge in [-0.05, 0) is 231 Å². The molecule has 0 saturated carbocycles. The topological polar surface area (TPSA) is 6.48 Å². The molecule has 0 heterocycles. The zero-order valence-corrected chi connectivity index (χ0v) is 40.9. The van der Waals surface area contributed by atoms with Crippen molar-refractivity contribution in [2.24, 2.45) is 0 Å². The van der Waals surface area contributed by atoms with Crippen LogP contribution in [-0.2, 0) is 0 Å². The van der Waals surface area contributed by atoms with Gasteiger partial charge in [-0.25, -0.2) is 0 Å². The van der Waals surface area contributed by atoms with Crippen molar-refractivity contribution < 1.29 is 0 Å². The van der Waals surface area contributed by atoms with Gasteiger partial charge in [0.05, 0.1) is 0 Å². The summed E-state index contributed by atoms with van der Waals surface area (Å²) in [5, 5.41) is 9.92. The smallest absolute Gasteiger partial charge is 0.0491 e. The van der Waals surface area contributed by atoms with Gasteiger partial charge in [0.15, 0.2) is 0 Å². The highest BCUT2D eigenvalue weighted by atomic mass is 15.1. The molecule has 2 heteroatoms. The number of hydrogen-bond donors (Lipinski definition) is 0. The summed E-state index contributed by atoms with van der Waals surface area (Å²) in [5.41, 5.74) is 20.5. The Labute approximate surface area is 417 Å². The van der Waals surface area contributed by atoms with E-state index in [1.165, 1.54) is 116 Å². The lowest BCUT2D eigenvalue weighted by atomic mass is 9.94. The molecule has 0 unspecified atom stereocenters. The molecule has 0 aliphatic carbocycles. The molecule has 0 radical (unpaired) electrons. The van der Waals surface area contributed by atoms with Gasteiger partial charge in [-0.3, -0.25) is 0 Å². The lowest BCUT2D eigenvalue weighted by molar-refractivity contribution is 1.21. The maximum Gasteiger partial charge on any atom is 0.0491 e. The fourth-order valence-electron chi connectivity index (χ4n) is 10.6. The summed E-state index contributed by atoms with van der Waals surface area (Å²) in [6.07, 6.45) is 0. The number of aryl methyl sites for hydroxylation is 5. The molecule has 0 bridgehead atoms. The molecule has 12 aromatic carbocycles. The third kappa shape index (κ3) is 8.49. The molecule has 340 valence electrons. The third-order valence-corrected chi connectivity index (χ3v) is 14.3. The van der Waals surface area contributed by atoms with E-state index in [-0.39, 0.29) is 0 Å². The Morgan fingerprint density at radius 2 is 0.521 bits per heavy atom. The van der Waals surface area contributed by atoms with Gasteiger partial charge < -0.3 is 9.80 Å². The van der Waals surface area contributed by atoms with E-state index in [0.29, 0.717) is 0 Å². The van der Waals surface area contributed by atoms with Crippen LogP contribution in [0.4, 0.5) is 34.1 Å². The van der Waals surface area contributed by atoms with Crippen LogP contribution in [0.25, 0.3) is 76.5 Å². The molecule has 71 heavy (non-hydrogen) atoms. The fraction of sp³-hybridized carbons (Fsp3) is 0.0725. The summed E-state index contributed by atoms with van der Waals surface area (Å²) in [4.78, 5) is 4.71. The van der Waals surface area contributed by atoms with E-state index in [1.54, 1.807) is 0 Å². The molecular formula is C69H54N2. The summed E-state index contributed by atoms with van der Waals surface area (Å²) in [6, 6.07) is 87.7. The van der Waals surface area contributed by atoms with E-state index in [9.17, 15) is 0 Å². The number of para-hydroxylation sites is 1. The average Bonchev–Trinajstić information content (AvgIpc) is 3.39. The zero-order chi connectivity index (χ0) is 48.2. The zero-order valence-electron chi connectivity index (χ0n) is 40.9. The van der Waals surface area contributed by atoms with Gasteiger partial charge in [0.1, 0.15) is 0 Å². The predicted octanol–water partition coefficient (Wildman–Crippen LogP) is 19.8. The van der Waals surface area contributed by atoms with Crippen LogP contribution in [0.15, 0.2) is 237 Å². The molecule has 0 fully saturated rings. The van der Waals surface area contributed by atoms with Gasteiger partial charge >= 0.3 is 0 Å². The molecule has 12 aromatic rings. The Morgan fingerprint density at radius 1 is 0.211 bits per heavy atom. The van der Waals surface area contributed by atoms with Crippen molar-refractivity contribution in [3.8, 4) is 33.4 Å². The molecule has 0 spiro atoms. The molecular weight excluding hydrogens is 857 g/mol. The lowest BCUT2D eigenvalue weighted by Gasteiger charge is -2.29. The second-order valence-electron chi connectivity index (χ2n) is 19.5. The summed E-state index contributed by atoms with van der Waals surface area (Å²) in [6.45, 7) is 10.9. The number of hydrogen-bond acceptors (Lipinski definition) is 2. The van der Waals surface area contributed by atoms with Crippen molar-refractivity contribution in [1.29, 1.82) is 0 Å². The van der Waals surface area contributed by atoms with Gasteiger partial charge in [-0.15, -0.1) is 0 Å². The van der Waals surface area contributed by atoms with Crippen LogP contribution in [0.1, 0.15) is 27.8 Å². The quantitative estimate of drug-likeness (QED) is 0.133. The van der Waals surface area contributed by atoms with E-state index in [2.05, 4.69) is 281 Å². The monoisotopic (exact) mass is 910 g/mol. The van der Waals surface area contributed by atoms with Crippen molar-refractivity contribution in [1.82, 2.24) is 0 Å². The number of fused-ring (bicyclic) bond motifs is 4. The van der Waals surface area contributed by atoms with Gasteiger partial charge in [-0.2, -0.15) is 0 Å². The summed E-state index contributed by atoms with van der Waals surface area (Å²) < 4.78 is 0. The first kappa shape index (κ1) is 43.6. The first-order valence-electron chi connectivity index (χ1n) is 24.7. The Balaban J connectivity index is 0.795.